The molecule has 0 saturated heterocycles. The molecule has 2 aromatic rings. The lowest BCUT2D eigenvalue weighted by atomic mass is 10.2. The van der Waals surface area contributed by atoms with Crippen LogP contribution in [0.2, 0.25) is 0 Å². The molecule has 1 aromatic heterocycles. The van der Waals surface area contributed by atoms with E-state index >= 15 is 0 Å². The molecule has 0 unspecified atom stereocenters. The number of nitrogens with one attached hydrogen (secondary N) is 1. The first-order valence-corrected chi connectivity index (χ1v) is 7.30. The van der Waals surface area contributed by atoms with E-state index in [1.54, 1.807) is 0 Å². The summed E-state index contributed by atoms with van der Waals surface area (Å²) in [7, 11) is 0. The molecule has 0 atom stereocenters. The van der Waals surface area contributed by atoms with Crippen LogP contribution in [0.3, 0.4) is 0 Å². The lowest BCUT2D eigenvalue weighted by Gasteiger charge is -2.08. The van der Waals surface area contributed by atoms with Gasteiger partial charge in [-0.25, -0.2) is 0 Å². The maximum absolute atomic E-state index is 5.55. The van der Waals surface area contributed by atoms with Crippen LogP contribution in [-0.2, 0) is 11.3 Å². The monoisotopic (exact) mass is 278 g/mol. The minimum atomic E-state index is 0.318. The maximum Gasteiger partial charge on any atom is 0.178 e. The minimum Gasteiger partial charge on any atom is -0.379 e. The largest absolute Gasteiger partial charge is 0.379 e. The first kappa shape index (κ1) is 14.3. The van der Waals surface area contributed by atoms with Gasteiger partial charge in [0.2, 0.25) is 0 Å². The summed E-state index contributed by atoms with van der Waals surface area (Å²) in [6.07, 6.45) is 2.47. The normalized spacial score (nSPS) is 11.6. The number of para-hydroxylation sites is 1. The van der Waals surface area contributed by atoms with E-state index in [4.69, 9.17) is 17.0 Å². The van der Waals surface area contributed by atoms with Crippen LogP contribution in [0.25, 0.3) is 11.0 Å². The first-order valence-electron chi connectivity index (χ1n) is 6.89. The molecule has 0 fully saturated rings. The number of fused-ring (bicyclic) bond motifs is 1. The number of hydrogen-bond donors (Lipinski definition) is 1. The van der Waals surface area contributed by atoms with Crippen molar-refractivity contribution in [2.24, 2.45) is 0 Å². The smallest absolute Gasteiger partial charge is 0.178 e. The van der Waals surface area contributed by atoms with Crippen molar-refractivity contribution in [1.29, 1.82) is 0 Å². The van der Waals surface area contributed by atoms with Gasteiger partial charge in [-0.05, 0) is 57.5 Å². The quantitative estimate of drug-likeness (QED) is 0.633. The number of aryl methyl sites for hydroxylation is 2. The van der Waals surface area contributed by atoms with Crippen molar-refractivity contribution in [3.05, 3.63) is 28.5 Å². The van der Waals surface area contributed by atoms with Crippen molar-refractivity contribution < 1.29 is 4.74 Å². The molecule has 1 heterocycles. The number of aromatic amines is 1. The highest BCUT2D eigenvalue weighted by molar-refractivity contribution is 7.71. The van der Waals surface area contributed by atoms with E-state index in [1.165, 1.54) is 11.1 Å². The molecule has 0 aliphatic carbocycles. The summed E-state index contributed by atoms with van der Waals surface area (Å²) in [6, 6.07) is 6.31. The van der Waals surface area contributed by atoms with Crippen molar-refractivity contribution in [3.63, 3.8) is 0 Å². The molecule has 19 heavy (non-hydrogen) atoms. The van der Waals surface area contributed by atoms with Crippen LogP contribution in [0.1, 0.15) is 32.3 Å². The van der Waals surface area contributed by atoms with Gasteiger partial charge in [0.15, 0.2) is 4.77 Å². The summed E-state index contributed by atoms with van der Waals surface area (Å²) >= 11 is 5.41. The lowest BCUT2D eigenvalue weighted by Crippen LogP contribution is -2.05. The van der Waals surface area contributed by atoms with Crippen molar-refractivity contribution >= 4 is 23.3 Å². The van der Waals surface area contributed by atoms with Gasteiger partial charge in [-0.1, -0.05) is 12.1 Å². The van der Waals surface area contributed by atoms with Crippen LogP contribution >= 0.6 is 12.2 Å². The molecular weight excluding hydrogens is 256 g/mol. The predicted molar refractivity (Wildman–Crippen MR) is 82.2 cm³/mol. The number of aromatic nitrogens is 2. The van der Waals surface area contributed by atoms with E-state index in [0.717, 1.165) is 36.3 Å². The van der Waals surface area contributed by atoms with E-state index in [9.17, 15) is 0 Å². The molecule has 0 aliphatic rings. The van der Waals surface area contributed by atoms with Gasteiger partial charge in [-0.15, -0.1) is 0 Å². The van der Waals surface area contributed by atoms with Gasteiger partial charge in [-0.3, -0.25) is 0 Å². The van der Waals surface area contributed by atoms with Gasteiger partial charge in [0.25, 0.3) is 0 Å². The Bertz CT molecular complexity index is 598. The van der Waals surface area contributed by atoms with E-state index in [-0.39, 0.29) is 0 Å². The van der Waals surface area contributed by atoms with Gasteiger partial charge in [0.05, 0.1) is 17.1 Å². The van der Waals surface area contributed by atoms with Gasteiger partial charge >= 0.3 is 0 Å². The second-order valence-corrected chi connectivity index (χ2v) is 5.56. The highest BCUT2D eigenvalue weighted by Crippen LogP contribution is 2.18. The summed E-state index contributed by atoms with van der Waals surface area (Å²) in [4.78, 5) is 3.30. The third kappa shape index (κ3) is 3.45. The number of H-pyrrole nitrogens is 1. The Morgan fingerprint density at radius 1 is 1.32 bits per heavy atom. The summed E-state index contributed by atoms with van der Waals surface area (Å²) in [5.41, 5.74) is 3.60. The van der Waals surface area contributed by atoms with Gasteiger partial charge < -0.3 is 14.3 Å². The fourth-order valence-corrected chi connectivity index (χ4v) is 2.53. The molecule has 1 aromatic carbocycles. The van der Waals surface area contributed by atoms with Gasteiger partial charge in [-0.2, -0.15) is 0 Å². The molecule has 4 heteroatoms. The fraction of sp³-hybridized carbons (Fsp3) is 0.533. The van der Waals surface area contributed by atoms with Crippen molar-refractivity contribution in [2.45, 2.75) is 46.3 Å². The number of hydrogen-bond acceptors (Lipinski definition) is 2. The van der Waals surface area contributed by atoms with Gasteiger partial charge in [0, 0.05) is 13.2 Å². The minimum absolute atomic E-state index is 0.318. The summed E-state index contributed by atoms with van der Waals surface area (Å²) in [6.45, 7) is 8.02. The highest BCUT2D eigenvalue weighted by Gasteiger charge is 2.05. The van der Waals surface area contributed by atoms with Crippen molar-refractivity contribution in [1.82, 2.24) is 9.55 Å². The van der Waals surface area contributed by atoms with E-state index in [1.807, 2.05) is 0 Å². The van der Waals surface area contributed by atoms with E-state index in [0.29, 0.717) is 6.10 Å². The summed E-state index contributed by atoms with van der Waals surface area (Å²) in [5.74, 6) is 0. The van der Waals surface area contributed by atoms with Crippen LogP contribution < -0.4 is 0 Å². The summed E-state index contributed by atoms with van der Waals surface area (Å²) in [5, 5.41) is 0. The second-order valence-electron chi connectivity index (χ2n) is 5.18. The number of imidazole rings is 1. The predicted octanol–water partition coefficient (Wildman–Crippen LogP) is 4.21. The van der Waals surface area contributed by atoms with E-state index in [2.05, 4.69) is 48.5 Å². The molecule has 0 radical (unpaired) electrons. The highest BCUT2D eigenvalue weighted by atomic mass is 32.1. The molecule has 3 nitrogen and oxygen atoms in total. The topological polar surface area (TPSA) is 29.9 Å². The number of nitrogens with zero attached hydrogens (tertiary/aromatic N) is 1. The molecule has 1 N–H and O–H groups in total. The molecule has 2 rings (SSSR count). The summed E-state index contributed by atoms with van der Waals surface area (Å²) < 4.78 is 8.56. The third-order valence-corrected chi connectivity index (χ3v) is 3.57. The zero-order chi connectivity index (χ0) is 13.8. The Morgan fingerprint density at radius 2 is 2.11 bits per heavy atom. The Kier molecular flexibility index (Phi) is 4.77. The number of rotatable bonds is 6. The third-order valence-electron chi connectivity index (χ3n) is 3.25. The first-order chi connectivity index (χ1) is 9.09. The van der Waals surface area contributed by atoms with Crippen LogP contribution in [0.5, 0.6) is 0 Å². The zero-order valence-electron chi connectivity index (χ0n) is 11.9. The Hall–Kier alpha value is -1.13. The lowest BCUT2D eigenvalue weighted by molar-refractivity contribution is 0.0755. The van der Waals surface area contributed by atoms with Crippen molar-refractivity contribution in [3.8, 4) is 0 Å². The molecule has 0 spiro atoms. The van der Waals surface area contributed by atoms with Crippen LogP contribution in [0.4, 0.5) is 0 Å². The molecule has 0 bridgehead atoms. The molecule has 0 amide bonds. The molecular formula is C15H22N2OS. The molecule has 0 aliphatic heterocycles. The Morgan fingerprint density at radius 3 is 2.84 bits per heavy atom. The average Bonchev–Trinajstić information content (AvgIpc) is 2.67. The fourth-order valence-electron chi connectivity index (χ4n) is 2.24. The number of unbranched alkanes of at least 4 members (excludes halogenated alkanes) is 1. The molecule has 0 saturated carbocycles. The van der Waals surface area contributed by atoms with Crippen LogP contribution in [0, 0.1) is 11.7 Å². The van der Waals surface area contributed by atoms with Crippen LogP contribution in [0.15, 0.2) is 18.2 Å². The second kappa shape index (κ2) is 6.35. The Labute approximate surface area is 119 Å². The SMILES string of the molecule is Cc1cccc2c1[nH]c(=S)n2CCCCOC(C)C. The van der Waals surface area contributed by atoms with Crippen LogP contribution in [-0.4, -0.2) is 22.3 Å². The Balaban J connectivity index is 2.03. The molecule has 104 valence electrons. The number of ether oxygens (including phenoxy) is 1. The number of benzene rings is 1. The zero-order valence-corrected chi connectivity index (χ0v) is 12.7. The van der Waals surface area contributed by atoms with Crippen molar-refractivity contribution in [2.75, 3.05) is 6.61 Å². The standard InChI is InChI=1S/C15H22N2OS/c1-11(2)18-10-5-4-9-17-13-8-6-7-12(3)14(13)16-15(17)19/h6-8,11H,4-5,9-10H2,1-3H3,(H,16,19). The average molecular weight is 278 g/mol. The maximum atomic E-state index is 5.55. The van der Waals surface area contributed by atoms with Gasteiger partial charge in [0.1, 0.15) is 0 Å². The van der Waals surface area contributed by atoms with E-state index < -0.39 is 0 Å².